The minimum absolute atomic E-state index is 0.0603. The summed E-state index contributed by atoms with van der Waals surface area (Å²) in [5.74, 6) is -0.818. The van der Waals surface area contributed by atoms with Crippen molar-refractivity contribution >= 4 is 11.9 Å². The zero-order valence-corrected chi connectivity index (χ0v) is 10.1. The molecule has 0 aromatic rings. The zero-order valence-electron chi connectivity index (χ0n) is 10.1. The fourth-order valence-electron chi connectivity index (χ4n) is 2.29. The normalized spacial score (nSPS) is 24.8. The molecule has 92 valence electrons. The average Bonchev–Trinajstić information content (AvgIpc) is 2.65. The van der Waals surface area contributed by atoms with Crippen molar-refractivity contribution in [3.63, 3.8) is 0 Å². The van der Waals surface area contributed by atoms with E-state index in [0.29, 0.717) is 6.54 Å². The first-order chi connectivity index (χ1) is 7.40. The highest BCUT2D eigenvalue weighted by Gasteiger charge is 2.45. The van der Waals surface area contributed by atoms with Gasteiger partial charge in [0.15, 0.2) is 0 Å². The molecule has 0 aliphatic carbocycles. The van der Waals surface area contributed by atoms with Crippen molar-refractivity contribution in [3.8, 4) is 0 Å². The first kappa shape index (κ1) is 13.0. The smallest absolute Gasteiger partial charge is 0.323 e. The molecule has 2 N–H and O–H groups in total. The molecule has 0 radical (unpaired) electrons. The Morgan fingerprint density at radius 1 is 1.50 bits per heavy atom. The molecule has 1 unspecified atom stereocenters. The molecule has 5 nitrogen and oxygen atoms in total. The van der Waals surface area contributed by atoms with Crippen LogP contribution in [0.25, 0.3) is 0 Å². The summed E-state index contributed by atoms with van der Waals surface area (Å²) in [6.45, 7) is 5.27. The van der Waals surface area contributed by atoms with Gasteiger partial charge in [-0.2, -0.15) is 0 Å². The van der Waals surface area contributed by atoms with E-state index in [-0.39, 0.29) is 18.4 Å². The van der Waals surface area contributed by atoms with Crippen LogP contribution in [0.15, 0.2) is 0 Å². The number of carboxylic acids is 1. The summed E-state index contributed by atoms with van der Waals surface area (Å²) in [6, 6.07) is 0. The predicted molar refractivity (Wildman–Crippen MR) is 60.0 cm³/mol. The Morgan fingerprint density at radius 2 is 2.12 bits per heavy atom. The number of amides is 1. The fourth-order valence-corrected chi connectivity index (χ4v) is 2.29. The molecule has 1 amide bonds. The second kappa shape index (κ2) is 4.82. The lowest BCUT2D eigenvalue weighted by atomic mass is 9.75. The van der Waals surface area contributed by atoms with Crippen LogP contribution in [0.1, 0.15) is 20.3 Å². The van der Waals surface area contributed by atoms with Crippen LogP contribution in [-0.2, 0) is 9.59 Å². The fraction of sp³-hybridized carbons (Fsp3) is 0.818. The van der Waals surface area contributed by atoms with Crippen molar-refractivity contribution in [2.45, 2.75) is 20.3 Å². The molecule has 0 aromatic carbocycles. The molecule has 1 rings (SSSR count). The highest BCUT2D eigenvalue weighted by molar-refractivity contribution is 5.86. The van der Waals surface area contributed by atoms with Crippen molar-refractivity contribution in [1.29, 1.82) is 0 Å². The van der Waals surface area contributed by atoms with Crippen LogP contribution in [0, 0.1) is 11.3 Å². The molecule has 1 heterocycles. The number of carboxylic acid groups (broad SMARTS) is 1. The zero-order chi connectivity index (χ0) is 12.3. The lowest BCUT2D eigenvalue weighted by Gasteiger charge is -2.34. The van der Waals surface area contributed by atoms with Crippen LogP contribution >= 0.6 is 0 Å². The number of hydrogen-bond acceptors (Lipinski definition) is 3. The lowest BCUT2D eigenvalue weighted by molar-refractivity contribution is -0.149. The standard InChI is InChI=1S/C11H20N2O3/c1-8(2)11(4-5-12-7-11)10(16)13(3)6-9(14)15/h8,12H,4-7H2,1-3H3,(H,14,15). The number of rotatable bonds is 4. The van der Waals surface area contributed by atoms with E-state index >= 15 is 0 Å². The highest BCUT2D eigenvalue weighted by Crippen LogP contribution is 2.35. The molecular weight excluding hydrogens is 208 g/mol. The van der Waals surface area contributed by atoms with E-state index < -0.39 is 11.4 Å². The maximum absolute atomic E-state index is 12.3. The van der Waals surface area contributed by atoms with Crippen LogP contribution in [-0.4, -0.2) is 48.6 Å². The van der Waals surface area contributed by atoms with E-state index in [2.05, 4.69) is 5.32 Å². The average molecular weight is 228 g/mol. The van der Waals surface area contributed by atoms with Crippen molar-refractivity contribution in [2.75, 3.05) is 26.7 Å². The number of likely N-dealkylation sites (N-methyl/N-ethyl adjacent to an activating group) is 1. The van der Waals surface area contributed by atoms with Gasteiger partial charge in [-0.25, -0.2) is 0 Å². The molecule has 0 spiro atoms. The minimum Gasteiger partial charge on any atom is -0.480 e. The maximum atomic E-state index is 12.3. The summed E-state index contributed by atoms with van der Waals surface area (Å²) >= 11 is 0. The van der Waals surface area contributed by atoms with Gasteiger partial charge in [-0.15, -0.1) is 0 Å². The van der Waals surface area contributed by atoms with Gasteiger partial charge < -0.3 is 15.3 Å². The van der Waals surface area contributed by atoms with Crippen LogP contribution in [0.3, 0.4) is 0 Å². The molecule has 1 aliphatic heterocycles. The third-order valence-corrected chi connectivity index (χ3v) is 3.44. The Hall–Kier alpha value is -1.10. The monoisotopic (exact) mass is 228 g/mol. The molecule has 0 saturated carbocycles. The first-order valence-electron chi connectivity index (χ1n) is 5.58. The van der Waals surface area contributed by atoms with Gasteiger partial charge in [-0.3, -0.25) is 9.59 Å². The summed E-state index contributed by atoms with van der Waals surface area (Å²) in [5.41, 5.74) is -0.426. The SMILES string of the molecule is CC(C)C1(C(=O)N(C)CC(=O)O)CCNC1. The van der Waals surface area contributed by atoms with E-state index in [0.717, 1.165) is 13.0 Å². The van der Waals surface area contributed by atoms with E-state index in [4.69, 9.17) is 5.11 Å². The van der Waals surface area contributed by atoms with E-state index in [9.17, 15) is 9.59 Å². The number of nitrogens with zero attached hydrogens (tertiary/aromatic N) is 1. The van der Waals surface area contributed by atoms with Crippen LogP contribution in [0.5, 0.6) is 0 Å². The topological polar surface area (TPSA) is 69.6 Å². The van der Waals surface area contributed by atoms with Crippen molar-refractivity contribution in [1.82, 2.24) is 10.2 Å². The number of carbonyl (C=O) groups is 2. The maximum Gasteiger partial charge on any atom is 0.323 e. The number of nitrogens with one attached hydrogen (secondary N) is 1. The van der Waals surface area contributed by atoms with Gasteiger partial charge in [0.25, 0.3) is 0 Å². The number of aliphatic carboxylic acids is 1. The molecule has 1 saturated heterocycles. The molecular formula is C11H20N2O3. The van der Waals surface area contributed by atoms with E-state index in [1.165, 1.54) is 4.90 Å². The quantitative estimate of drug-likeness (QED) is 0.719. The summed E-state index contributed by atoms with van der Waals surface area (Å²) in [4.78, 5) is 24.2. The molecule has 0 bridgehead atoms. The summed E-state index contributed by atoms with van der Waals surface area (Å²) in [7, 11) is 1.55. The van der Waals surface area contributed by atoms with Gasteiger partial charge >= 0.3 is 5.97 Å². The van der Waals surface area contributed by atoms with E-state index in [1.807, 2.05) is 13.8 Å². The molecule has 5 heteroatoms. The predicted octanol–water partition coefficient (Wildman–Crippen LogP) is 0.165. The Bertz CT molecular complexity index is 283. The Labute approximate surface area is 95.8 Å². The van der Waals surface area contributed by atoms with Crippen molar-refractivity contribution < 1.29 is 14.7 Å². The third kappa shape index (κ3) is 2.35. The van der Waals surface area contributed by atoms with Crippen LogP contribution < -0.4 is 5.32 Å². The Morgan fingerprint density at radius 3 is 2.50 bits per heavy atom. The van der Waals surface area contributed by atoms with Gasteiger partial charge in [0.2, 0.25) is 5.91 Å². The first-order valence-corrected chi connectivity index (χ1v) is 5.58. The van der Waals surface area contributed by atoms with Crippen molar-refractivity contribution in [2.24, 2.45) is 11.3 Å². The van der Waals surface area contributed by atoms with Crippen LogP contribution in [0.4, 0.5) is 0 Å². The number of carbonyl (C=O) groups excluding carboxylic acids is 1. The Balaban J connectivity index is 2.79. The number of hydrogen-bond donors (Lipinski definition) is 2. The van der Waals surface area contributed by atoms with Gasteiger partial charge in [0.05, 0.1) is 5.41 Å². The van der Waals surface area contributed by atoms with Gasteiger partial charge in [0.1, 0.15) is 6.54 Å². The summed E-state index contributed by atoms with van der Waals surface area (Å²) in [5, 5.41) is 11.9. The van der Waals surface area contributed by atoms with Gasteiger partial charge in [-0.05, 0) is 18.9 Å². The molecule has 1 fully saturated rings. The minimum atomic E-state index is -0.972. The van der Waals surface area contributed by atoms with Crippen LogP contribution in [0.2, 0.25) is 0 Å². The second-order valence-electron chi connectivity index (χ2n) is 4.79. The highest BCUT2D eigenvalue weighted by atomic mass is 16.4. The largest absolute Gasteiger partial charge is 0.480 e. The van der Waals surface area contributed by atoms with Gasteiger partial charge in [-0.1, -0.05) is 13.8 Å². The van der Waals surface area contributed by atoms with Crippen molar-refractivity contribution in [3.05, 3.63) is 0 Å². The Kier molecular flexibility index (Phi) is 3.91. The second-order valence-corrected chi connectivity index (χ2v) is 4.79. The van der Waals surface area contributed by atoms with Gasteiger partial charge in [0, 0.05) is 13.6 Å². The lowest BCUT2D eigenvalue weighted by Crippen LogP contribution is -2.48. The molecule has 16 heavy (non-hydrogen) atoms. The summed E-state index contributed by atoms with van der Waals surface area (Å²) < 4.78 is 0. The third-order valence-electron chi connectivity index (χ3n) is 3.44. The van der Waals surface area contributed by atoms with E-state index in [1.54, 1.807) is 7.05 Å². The molecule has 0 aromatic heterocycles. The molecule has 1 atom stereocenters. The molecule has 1 aliphatic rings. The summed E-state index contributed by atoms with van der Waals surface area (Å²) in [6.07, 6.45) is 0.785.